The molecule has 2 heterocycles. The molecule has 0 spiro atoms. The third kappa shape index (κ3) is 3.80. The maximum atomic E-state index is 13.8. The van der Waals surface area contributed by atoms with Gasteiger partial charge in [-0.25, -0.2) is 13.4 Å². The highest BCUT2D eigenvalue weighted by molar-refractivity contribution is 7.92. The number of fused-ring (bicyclic) bond motifs is 2. The maximum Gasteiger partial charge on any atom is 0.210 e. The number of nitrogens with zero attached hydrogens (tertiary/aromatic N) is 2. The molecule has 1 aromatic heterocycles. The molecular weight excluding hydrogens is 565 g/mol. The lowest BCUT2D eigenvalue weighted by Crippen LogP contribution is -2.74. The Bertz CT molecular complexity index is 2130. The van der Waals surface area contributed by atoms with Crippen LogP contribution >= 0.6 is 0 Å². The van der Waals surface area contributed by atoms with Crippen molar-refractivity contribution in [2.24, 2.45) is 0 Å². The molecule has 0 aliphatic carbocycles. The highest BCUT2D eigenvalue weighted by Gasteiger charge is 2.41. The van der Waals surface area contributed by atoms with Gasteiger partial charge in [-0.3, -0.25) is 4.57 Å². The fraction of sp³-hybridized carbons (Fsp3) is 0. The Hall–Kier alpha value is -5.04. The summed E-state index contributed by atoms with van der Waals surface area (Å²) in [6, 6.07) is 52.1. The molecule has 0 saturated heterocycles. The summed E-state index contributed by atoms with van der Waals surface area (Å²) in [5.41, 5.74) is 3.76. The average molecular weight is 591 g/mol. The molecule has 0 N–H and O–H groups in total. The fourth-order valence-corrected chi connectivity index (χ4v) is 13.1. The van der Waals surface area contributed by atoms with Crippen molar-refractivity contribution in [1.82, 2.24) is 9.55 Å². The third-order valence-corrected chi connectivity index (χ3v) is 15.2. The van der Waals surface area contributed by atoms with Crippen LogP contribution in [0.4, 0.5) is 0 Å². The van der Waals surface area contributed by atoms with Crippen molar-refractivity contribution in [2.45, 2.75) is 9.79 Å². The number of imidazole rings is 1. The van der Waals surface area contributed by atoms with Gasteiger partial charge in [-0.15, -0.1) is 0 Å². The van der Waals surface area contributed by atoms with Crippen LogP contribution in [0.5, 0.6) is 0 Å². The number of rotatable bonds is 5. The Labute approximate surface area is 251 Å². The zero-order valence-electron chi connectivity index (χ0n) is 23.1. The van der Waals surface area contributed by atoms with Gasteiger partial charge < -0.3 is 0 Å². The predicted octanol–water partition coefficient (Wildman–Crippen LogP) is 5.22. The molecule has 43 heavy (non-hydrogen) atoms. The highest BCUT2D eigenvalue weighted by atomic mass is 32.2. The first-order valence-electron chi connectivity index (χ1n) is 14.2. The van der Waals surface area contributed by atoms with Crippen molar-refractivity contribution in [3.63, 3.8) is 0 Å². The van der Waals surface area contributed by atoms with E-state index in [1.54, 1.807) is 24.5 Å². The molecule has 0 radical (unpaired) electrons. The van der Waals surface area contributed by atoms with Crippen molar-refractivity contribution < 1.29 is 8.42 Å². The number of hydrogen-bond donors (Lipinski definition) is 0. The Morgan fingerprint density at radius 3 is 1.63 bits per heavy atom. The maximum absolute atomic E-state index is 13.8. The van der Waals surface area contributed by atoms with Crippen LogP contribution in [0.2, 0.25) is 0 Å². The van der Waals surface area contributed by atoms with Crippen LogP contribution in [-0.4, -0.2) is 26.0 Å². The van der Waals surface area contributed by atoms with E-state index < -0.39 is 17.9 Å². The van der Waals surface area contributed by atoms with Gasteiger partial charge in [-0.2, -0.15) is 0 Å². The van der Waals surface area contributed by atoms with Crippen molar-refractivity contribution in [3.8, 4) is 16.8 Å². The largest absolute Gasteiger partial charge is 0.296 e. The second kappa shape index (κ2) is 9.76. The molecule has 6 aromatic carbocycles. The zero-order valence-corrected chi connectivity index (χ0v) is 24.9. The van der Waals surface area contributed by atoms with E-state index in [9.17, 15) is 8.42 Å². The normalized spacial score (nSPS) is 13.5. The molecule has 6 heteroatoms. The number of aromatic nitrogens is 2. The van der Waals surface area contributed by atoms with Crippen LogP contribution < -0.4 is 20.7 Å². The molecule has 0 bridgehead atoms. The first-order valence-corrected chi connectivity index (χ1v) is 17.7. The number of sulfone groups is 1. The Balaban J connectivity index is 1.30. The minimum atomic E-state index is -3.70. The summed E-state index contributed by atoms with van der Waals surface area (Å²) < 4.78 is 29.5. The fourth-order valence-electron chi connectivity index (χ4n) is 6.64. The first kappa shape index (κ1) is 25.7. The van der Waals surface area contributed by atoms with Gasteiger partial charge in [-0.1, -0.05) is 127 Å². The van der Waals surface area contributed by atoms with E-state index in [0.29, 0.717) is 26.5 Å². The molecular formula is C37H26N2O2SSi. The lowest BCUT2D eigenvalue weighted by atomic mass is 10.1. The third-order valence-electron chi connectivity index (χ3n) is 8.60. The topological polar surface area (TPSA) is 52.0 Å². The smallest absolute Gasteiger partial charge is 0.210 e. The van der Waals surface area contributed by atoms with Crippen molar-refractivity contribution >= 4 is 49.7 Å². The Kier molecular flexibility index (Phi) is 5.82. The summed E-state index contributed by atoms with van der Waals surface area (Å²) in [6.07, 6.45) is 1.71. The van der Waals surface area contributed by atoms with E-state index in [4.69, 9.17) is 0 Å². The average Bonchev–Trinajstić information content (AvgIpc) is 3.51. The van der Waals surface area contributed by atoms with Gasteiger partial charge in [0.2, 0.25) is 9.84 Å². The van der Waals surface area contributed by atoms with Crippen molar-refractivity contribution in [2.75, 3.05) is 0 Å². The molecule has 7 aromatic rings. The van der Waals surface area contributed by atoms with E-state index in [-0.39, 0.29) is 0 Å². The lowest BCUT2D eigenvalue weighted by molar-refractivity contribution is 0.594. The minimum Gasteiger partial charge on any atom is -0.296 e. The Morgan fingerprint density at radius 2 is 1.05 bits per heavy atom. The quantitative estimate of drug-likeness (QED) is 0.204. The van der Waals surface area contributed by atoms with E-state index >= 15 is 0 Å². The number of para-hydroxylation sites is 1. The van der Waals surface area contributed by atoms with Gasteiger partial charge in [-0.05, 0) is 56.1 Å². The van der Waals surface area contributed by atoms with E-state index in [1.807, 2.05) is 22.8 Å². The summed E-state index contributed by atoms with van der Waals surface area (Å²) >= 11 is 0. The van der Waals surface area contributed by atoms with Gasteiger partial charge in [0.1, 0.15) is 6.33 Å². The van der Waals surface area contributed by atoms with Gasteiger partial charge in [0, 0.05) is 0 Å². The molecule has 0 unspecified atom stereocenters. The standard InChI is InChI=1S/C37H26N2O2SSi/c40-42(41)35-18-10-17-33-37(35)39(26-38-33)34-24-21-28(25-36(34)42)27-19-22-32(23-20-27)43(29-11-4-1-5-12-29,30-13-6-2-7-14-30)31-15-8-3-9-16-31/h1-26H. The molecule has 0 fully saturated rings. The number of benzene rings is 6. The summed E-state index contributed by atoms with van der Waals surface area (Å²) in [4.78, 5) is 5.04. The van der Waals surface area contributed by atoms with E-state index in [0.717, 1.165) is 11.1 Å². The van der Waals surface area contributed by atoms with Crippen molar-refractivity contribution in [3.05, 3.63) is 158 Å². The van der Waals surface area contributed by atoms with Crippen molar-refractivity contribution in [1.29, 1.82) is 0 Å². The van der Waals surface area contributed by atoms with Crippen LogP contribution in [0.3, 0.4) is 0 Å². The van der Waals surface area contributed by atoms with Crippen LogP contribution in [-0.2, 0) is 9.84 Å². The predicted molar refractivity (Wildman–Crippen MR) is 176 cm³/mol. The SMILES string of the molecule is O=S1(=O)c2cc(-c3ccc([Si](c4ccccc4)(c4ccccc4)c4ccccc4)cc3)ccc2-n2cnc3cccc1c32. The summed E-state index contributed by atoms with van der Waals surface area (Å²) in [5.74, 6) is 0. The molecule has 4 nitrogen and oxygen atoms in total. The summed E-state index contributed by atoms with van der Waals surface area (Å²) in [5, 5.41) is 5.20. The zero-order chi connectivity index (χ0) is 29.0. The van der Waals surface area contributed by atoms with Crippen LogP contribution in [0.15, 0.2) is 168 Å². The molecule has 0 amide bonds. The van der Waals surface area contributed by atoms with Gasteiger partial charge >= 0.3 is 0 Å². The highest BCUT2D eigenvalue weighted by Crippen LogP contribution is 2.39. The van der Waals surface area contributed by atoms with E-state index in [2.05, 4.69) is 120 Å². The molecule has 206 valence electrons. The summed E-state index contributed by atoms with van der Waals surface area (Å²) in [7, 11) is -6.34. The molecule has 1 aliphatic heterocycles. The van der Waals surface area contributed by atoms with Gasteiger partial charge in [0.05, 0.1) is 26.5 Å². The second-order valence-corrected chi connectivity index (χ2v) is 16.5. The van der Waals surface area contributed by atoms with Crippen LogP contribution in [0.1, 0.15) is 0 Å². The van der Waals surface area contributed by atoms with Gasteiger partial charge in [0.15, 0.2) is 8.07 Å². The molecule has 1 aliphatic rings. The monoisotopic (exact) mass is 590 g/mol. The molecule has 0 saturated carbocycles. The minimum absolute atomic E-state index is 0.298. The van der Waals surface area contributed by atoms with Crippen LogP contribution in [0.25, 0.3) is 27.8 Å². The van der Waals surface area contributed by atoms with Crippen LogP contribution in [0, 0.1) is 0 Å². The number of hydrogen-bond acceptors (Lipinski definition) is 3. The molecule has 8 rings (SSSR count). The molecule has 0 atom stereocenters. The summed E-state index contributed by atoms with van der Waals surface area (Å²) in [6.45, 7) is 0. The second-order valence-electron chi connectivity index (χ2n) is 10.8. The van der Waals surface area contributed by atoms with E-state index in [1.165, 1.54) is 20.7 Å². The Morgan fingerprint density at radius 1 is 0.512 bits per heavy atom. The van der Waals surface area contributed by atoms with Gasteiger partial charge in [0.25, 0.3) is 0 Å². The lowest BCUT2D eigenvalue weighted by Gasteiger charge is -2.34. The first-order chi connectivity index (χ1) is 21.1.